The average molecular weight is 381 g/mol. The Hall–Kier alpha value is -2.73. The van der Waals surface area contributed by atoms with Crippen LogP contribution in [0.25, 0.3) is 0 Å². The Bertz CT molecular complexity index is 915. The maximum absolute atomic E-state index is 14.0. The molecule has 1 unspecified atom stereocenters. The van der Waals surface area contributed by atoms with Crippen molar-refractivity contribution in [1.29, 1.82) is 0 Å². The van der Waals surface area contributed by atoms with Gasteiger partial charge in [-0.3, -0.25) is 9.80 Å². The summed E-state index contributed by atoms with van der Waals surface area (Å²) >= 11 is 0. The fourth-order valence-electron chi connectivity index (χ4n) is 4.45. The first-order valence-corrected chi connectivity index (χ1v) is 9.65. The van der Waals surface area contributed by atoms with Crippen molar-refractivity contribution in [2.45, 2.75) is 37.6 Å². The van der Waals surface area contributed by atoms with E-state index in [-0.39, 0.29) is 17.6 Å². The summed E-state index contributed by atoms with van der Waals surface area (Å²) in [6.45, 7) is 2.51. The smallest absolute Gasteiger partial charge is 0.176 e. The van der Waals surface area contributed by atoms with E-state index in [2.05, 4.69) is 0 Å². The number of fused-ring (bicyclic) bond motifs is 3. The Morgan fingerprint density at radius 3 is 2.79 bits per heavy atom. The Kier molecular flexibility index (Phi) is 4.89. The van der Waals surface area contributed by atoms with Crippen LogP contribution < -0.4 is 15.5 Å². The summed E-state index contributed by atoms with van der Waals surface area (Å²) in [5, 5.41) is 6.51. The van der Waals surface area contributed by atoms with Gasteiger partial charge in [0.1, 0.15) is 35.6 Å². The lowest BCUT2D eigenvalue weighted by Crippen LogP contribution is -2.53. The van der Waals surface area contributed by atoms with Gasteiger partial charge in [0.15, 0.2) is 5.78 Å². The summed E-state index contributed by atoms with van der Waals surface area (Å²) in [6, 6.07) is 14.1. The van der Waals surface area contributed by atoms with Crippen LogP contribution in [0.1, 0.15) is 31.7 Å². The fourth-order valence-corrected chi connectivity index (χ4v) is 4.45. The number of Topliss-reactive ketones (excluding diaryl/α,β-unsaturated/α-hetero) is 1. The Morgan fingerprint density at radius 2 is 2.07 bits per heavy atom. The number of benzene rings is 2. The second-order valence-electron chi connectivity index (χ2n) is 7.37. The lowest BCUT2D eigenvalue weighted by atomic mass is 9.67. The number of hydrogen-bond acceptors (Lipinski definition) is 5. The molecule has 0 radical (unpaired) electrons. The van der Waals surface area contributed by atoms with Crippen LogP contribution in [0.4, 0.5) is 10.1 Å². The average Bonchev–Trinajstić information content (AvgIpc) is 3.05. The molecule has 0 fully saturated rings. The van der Waals surface area contributed by atoms with Gasteiger partial charge >= 0.3 is 0 Å². The number of hydrogen-bond donors (Lipinski definition) is 1. The van der Waals surface area contributed by atoms with Gasteiger partial charge in [0.25, 0.3) is 0 Å². The van der Waals surface area contributed by atoms with Crippen molar-refractivity contribution in [1.82, 2.24) is 0 Å². The topological polar surface area (TPSA) is 67.9 Å². The summed E-state index contributed by atoms with van der Waals surface area (Å²) in [5.74, 6) is 0.141. The van der Waals surface area contributed by atoms with Crippen LogP contribution in [-0.4, -0.2) is 30.7 Å². The number of carbonyl (C=O) groups is 1. The first-order chi connectivity index (χ1) is 13.6. The molecule has 2 aromatic rings. The lowest BCUT2D eigenvalue weighted by molar-refractivity contribution is -0.111. The molecule has 0 aliphatic carbocycles. The van der Waals surface area contributed by atoms with Crippen molar-refractivity contribution >= 4 is 17.2 Å². The SMILES string of the molecule is CC(=O)C1=NN2c3cc(F)ccc3OCC2[C@]1(CCCCN)c1ccccc1. The van der Waals surface area contributed by atoms with Gasteiger partial charge < -0.3 is 10.5 Å². The van der Waals surface area contributed by atoms with E-state index in [0.29, 0.717) is 30.3 Å². The van der Waals surface area contributed by atoms with E-state index in [9.17, 15) is 9.18 Å². The molecule has 2 N–H and O–H groups in total. The van der Waals surface area contributed by atoms with E-state index in [1.165, 1.54) is 12.1 Å². The van der Waals surface area contributed by atoms with Crippen LogP contribution in [0.3, 0.4) is 0 Å². The zero-order chi connectivity index (χ0) is 19.7. The van der Waals surface area contributed by atoms with E-state index in [4.69, 9.17) is 15.6 Å². The molecule has 4 rings (SSSR count). The quantitative estimate of drug-likeness (QED) is 0.779. The second kappa shape index (κ2) is 7.36. The third kappa shape index (κ3) is 2.88. The molecule has 0 saturated carbocycles. The fraction of sp³-hybridized carbons (Fsp3) is 0.364. The number of ketones is 1. The number of nitrogens with zero attached hydrogens (tertiary/aromatic N) is 2. The van der Waals surface area contributed by atoms with Crippen LogP contribution in [0, 0.1) is 5.82 Å². The van der Waals surface area contributed by atoms with Gasteiger partial charge in [-0.25, -0.2) is 4.39 Å². The summed E-state index contributed by atoms with van der Waals surface area (Å²) in [4.78, 5) is 12.7. The molecular weight excluding hydrogens is 357 g/mol. The number of halogens is 1. The minimum atomic E-state index is -0.619. The Labute approximate surface area is 164 Å². The minimum absolute atomic E-state index is 0.0797. The predicted octanol–water partition coefficient (Wildman–Crippen LogP) is 3.42. The monoisotopic (exact) mass is 381 g/mol. The molecule has 2 heterocycles. The third-order valence-corrected chi connectivity index (χ3v) is 5.71. The van der Waals surface area contributed by atoms with E-state index in [0.717, 1.165) is 24.8 Å². The maximum atomic E-state index is 14.0. The summed E-state index contributed by atoms with van der Waals surface area (Å²) in [5.41, 5.74) is 7.20. The molecule has 0 bridgehead atoms. The zero-order valence-electron chi connectivity index (χ0n) is 15.9. The van der Waals surface area contributed by atoms with E-state index < -0.39 is 5.41 Å². The normalized spacial score (nSPS) is 22.9. The van der Waals surface area contributed by atoms with Crippen molar-refractivity contribution in [3.05, 3.63) is 59.9 Å². The molecule has 146 valence electrons. The Morgan fingerprint density at radius 1 is 1.29 bits per heavy atom. The van der Waals surface area contributed by atoms with Crippen molar-refractivity contribution in [3.63, 3.8) is 0 Å². The molecule has 28 heavy (non-hydrogen) atoms. The van der Waals surface area contributed by atoms with Gasteiger partial charge in [-0.1, -0.05) is 36.8 Å². The van der Waals surface area contributed by atoms with Gasteiger partial charge in [0, 0.05) is 13.0 Å². The molecule has 0 saturated heterocycles. The van der Waals surface area contributed by atoms with E-state index in [1.807, 2.05) is 30.3 Å². The highest BCUT2D eigenvalue weighted by atomic mass is 19.1. The molecule has 2 atom stereocenters. The van der Waals surface area contributed by atoms with Crippen LogP contribution in [-0.2, 0) is 10.2 Å². The maximum Gasteiger partial charge on any atom is 0.176 e. The van der Waals surface area contributed by atoms with Crippen LogP contribution >= 0.6 is 0 Å². The third-order valence-electron chi connectivity index (χ3n) is 5.71. The molecular formula is C22H24FN3O2. The highest BCUT2D eigenvalue weighted by Crippen LogP contribution is 2.48. The minimum Gasteiger partial charge on any atom is -0.489 e. The van der Waals surface area contributed by atoms with Crippen molar-refractivity contribution in [2.24, 2.45) is 10.8 Å². The van der Waals surface area contributed by atoms with Gasteiger partial charge in [-0.05, 0) is 37.1 Å². The van der Waals surface area contributed by atoms with Crippen LogP contribution in [0.5, 0.6) is 5.75 Å². The predicted molar refractivity (Wildman–Crippen MR) is 107 cm³/mol. The number of rotatable bonds is 6. The summed E-state index contributed by atoms with van der Waals surface area (Å²) in [7, 11) is 0. The number of carbonyl (C=O) groups excluding carboxylic acids is 1. The van der Waals surface area contributed by atoms with E-state index >= 15 is 0 Å². The number of anilines is 1. The van der Waals surface area contributed by atoms with Crippen molar-refractivity contribution < 1.29 is 13.9 Å². The van der Waals surface area contributed by atoms with Gasteiger partial charge in [0.2, 0.25) is 0 Å². The molecule has 0 spiro atoms. The van der Waals surface area contributed by atoms with Gasteiger partial charge in [-0.2, -0.15) is 5.10 Å². The largest absolute Gasteiger partial charge is 0.489 e. The highest BCUT2D eigenvalue weighted by molar-refractivity contribution is 6.43. The van der Waals surface area contributed by atoms with Crippen molar-refractivity contribution in [3.8, 4) is 5.75 Å². The second-order valence-corrected chi connectivity index (χ2v) is 7.37. The van der Waals surface area contributed by atoms with Gasteiger partial charge in [-0.15, -0.1) is 0 Å². The lowest BCUT2D eigenvalue weighted by Gasteiger charge is -2.41. The molecule has 0 amide bonds. The highest BCUT2D eigenvalue weighted by Gasteiger charge is 2.55. The van der Waals surface area contributed by atoms with Crippen molar-refractivity contribution in [2.75, 3.05) is 18.2 Å². The molecule has 0 aromatic heterocycles. The molecule has 2 aliphatic rings. The zero-order valence-corrected chi connectivity index (χ0v) is 15.9. The molecule has 6 heteroatoms. The number of nitrogens with two attached hydrogens (primary N) is 1. The first kappa shape index (κ1) is 18.6. The van der Waals surface area contributed by atoms with Crippen LogP contribution in [0.15, 0.2) is 53.6 Å². The standard InChI is InChI=1S/C22H24FN3O2/c1-15(27)21-22(11-5-6-12-24,16-7-3-2-4-8-16)20-14-28-19-10-9-17(23)13-18(19)26(20)25-21/h2-4,7-10,13,20H,5-6,11-12,14,24H2,1H3/t20?,22-/m0/s1. The van der Waals surface area contributed by atoms with E-state index in [1.54, 1.807) is 18.0 Å². The van der Waals surface area contributed by atoms with Crippen LogP contribution in [0.2, 0.25) is 0 Å². The summed E-state index contributed by atoms with van der Waals surface area (Å²) in [6.07, 6.45) is 2.44. The van der Waals surface area contributed by atoms with Gasteiger partial charge in [0.05, 0.1) is 5.41 Å². The number of unbranched alkanes of at least 4 members (excludes halogenated alkanes) is 1. The Balaban J connectivity index is 1.87. The molecule has 2 aromatic carbocycles. The molecule has 2 aliphatic heterocycles. The summed E-state index contributed by atoms with van der Waals surface area (Å²) < 4.78 is 19.9. The number of hydrazone groups is 1. The first-order valence-electron chi connectivity index (χ1n) is 9.65. The molecule has 5 nitrogen and oxygen atoms in total. The number of ether oxygens (including phenoxy) is 1.